The van der Waals surface area contributed by atoms with Crippen LogP contribution >= 0.6 is 11.6 Å². The van der Waals surface area contributed by atoms with Crippen molar-refractivity contribution in [3.8, 4) is 0 Å². The van der Waals surface area contributed by atoms with Gasteiger partial charge < -0.3 is 0 Å². The molecule has 3 aliphatic rings. The van der Waals surface area contributed by atoms with Gasteiger partial charge in [-0.2, -0.15) is 0 Å². The fourth-order valence-electron chi connectivity index (χ4n) is 4.34. The minimum Gasteiger partial charge on any atom is -0.281 e. The van der Waals surface area contributed by atoms with Crippen LogP contribution in [0.25, 0.3) is 0 Å². The van der Waals surface area contributed by atoms with Crippen molar-refractivity contribution < 1.29 is 4.79 Å². The summed E-state index contributed by atoms with van der Waals surface area (Å²) in [5.74, 6) is 1.44. The van der Waals surface area contributed by atoms with Crippen molar-refractivity contribution in [2.45, 2.75) is 31.1 Å². The maximum atomic E-state index is 11.1. The molecule has 2 aromatic rings. The van der Waals surface area contributed by atoms with Crippen LogP contribution in [0, 0.1) is 5.92 Å². The molecule has 0 amide bonds. The predicted molar refractivity (Wildman–Crippen MR) is 84.8 cm³/mol. The molecule has 21 heavy (non-hydrogen) atoms. The Morgan fingerprint density at radius 2 is 1.48 bits per heavy atom. The largest absolute Gasteiger partial charge is 0.281 e. The van der Waals surface area contributed by atoms with E-state index in [0.29, 0.717) is 24.2 Å². The fourth-order valence-corrected chi connectivity index (χ4v) is 4.45. The van der Waals surface area contributed by atoms with Crippen LogP contribution in [0.4, 0.5) is 0 Å². The molecule has 1 nitrogen and oxygen atoms in total. The number of carbonyl (C=O) groups is 1. The summed E-state index contributed by atoms with van der Waals surface area (Å²) in [5, 5.41) is -0.210. The van der Waals surface area contributed by atoms with Crippen molar-refractivity contribution >= 4 is 16.8 Å². The Balaban J connectivity index is 1.81. The zero-order valence-corrected chi connectivity index (χ0v) is 12.5. The molecule has 2 aromatic carbocycles. The molecule has 0 radical (unpaired) electrons. The molecule has 1 unspecified atom stereocenters. The topological polar surface area (TPSA) is 17.1 Å². The standard InChI is InChI=1S/C19H17ClO/c20-18(21)10-9-12-11-17-13-5-1-3-7-15(13)19(12)16-8-4-2-6-14(16)17/h1-8,12,17,19H,9-11H2. The Labute approximate surface area is 129 Å². The Hall–Kier alpha value is -1.60. The minimum atomic E-state index is -0.210. The summed E-state index contributed by atoms with van der Waals surface area (Å²) in [6.45, 7) is 0. The highest BCUT2D eigenvalue weighted by Gasteiger charge is 2.42. The maximum Gasteiger partial charge on any atom is 0.221 e. The lowest BCUT2D eigenvalue weighted by atomic mass is 9.58. The van der Waals surface area contributed by atoms with Gasteiger partial charge in [0.05, 0.1) is 0 Å². The van der Waals surface area contributed by atoms with Gasteiger partial charge in [0.2, 0.25) is 5.24 Å². The summed E-state index contributed by atoms with van der Waals surface area (Å²) in [5.41, 5.74) is 5.88. The molecular formula is C19H17ClO. The van der Waals surface area contributed by atoms with Crippen LogP contribution < -0.4 is 0 Å². The monoisotopic (exact) mass is 296 g/mol. The third-order valence-corrected chi connectivity index (χ3v) is 5.32. The van der Waals surface area contributed by atoms with Crippen LogP contribution in [0.5, 0.6) is 0 Å². The highest BCUT2D eigenvalue weighted by atomic mass is 35.5. The van der Waals surface area contributed by atoms with Crippen LogP contribution in [-0.4, -0.2) is 5.24 Å². The number of fused-ring (bicyclic) bond motifs is 1. The van der Waals surface area contributed by atoms with Crippen LogP contribution in [0.3, 0.4) is 0 Å². The number of hydrogen-bond acceptors (Lipinski definition) is 1. The highest BCUT2D eigenvalue weighted by molar-refractivity contribution is 6.63. The maximum absolute atomic E-state index is 11.1. The van der Waals surface area contributed by atoms with Gasteiger partial charge in [0.15, 0.2) is 0 Å². The first kappa shape index (κ1) is 13.1. The fraction of sp³-hybridized carbons (Fsp3) is 0.316. The third kappa shape index (κ3) is 2.03. The molecule has 0 saturated carbocycles. The second-order valence-corrected chi connectivity index (χ2v) is 6.60. The molecule has 2 heteroatoms. The van der Waals surface area contributed by atoms with Crippen LogP contribution in [0.1, 0.15) is 53.4 Å². The molecule has 1 atom stereocenters. The van der Waals surface area contributed by atoms with E-state index in [1.165, 1.54) is 22.3 Å². The van der Waals surface area contributed by atoms with E-state index < -0.39 is 0 Å². The van der Waals surface area contributed by atoms with E-state index in [-0.39, 0.29) is 5.24 Å². The van der Waals surface area contributed by atoms with E-state index in [1.807, 2.05) is 0 Å². The summed E-state index contributed by atoms with van der Waals surface area (Å²) >= 11 is 5.56. The first-order valence-corrected chi connectivity index (χ1v) is 7.99. The zero-order valence-electron chi connectivity index (χ0n) is 11.8. The van der Waals surface area contributed by atoms with E-state index in [2.05, 4.69) is 48.5 Å². The van der Waals surface area contributed by atoms with Gasteiger partial charge in [0, 0.05) is 18.3 Å². The van der Waals surface area contributed by atoms with Crippen molar-refractivity contribution in [3.05, 3.63) is 70.8 Å². The molecule has 0 spiro atoms. The Morgan fingerprint density at radius 1 is 0.952 bits per heavy atom. The van der Waals surface area contributed by atoms with Gasteiger partial charge in [-0.15, -0.1) is 0 Å². The van der Waals surface area contributed by atoms with Crippen molar-refractivity contribution in [1.82, 2.24) is 0 Å². The quantitative estimate of drug-likeness (QED) is 0.742. The van der Waals surface area contributed by atoms with E-state index >= 15 is 0 Å². The van der Waals surface area contributed by atoms with Gasteiger partial charge in [0.1, 0.15) is 0 Å². The lowest BCUT2D eigenvalue weighted by Gasteiger charge is -2.45. The molecule has 3 aliphatic carbocycles. The molecule has 0 saturated heterocycles. The zero-order chi connectivity index (χ0) is 14.4. The van der Waals surface area contributed by atoms with Crippen molar-refractivity contribution in [1.29, 1.82) is 0 Å². The molecule has 2 bridgehead atoms. The molecule has 106 valence electrons. The average Bonchev–Trinajstić information content (AvgIpc) is 2.53. The molecular weight excluding hydrogens is 280 g/mol. The minimum absolute atomic E-state index is 0.210. The van der Waals surface area contributed by atoms with E-state index in [4.69, 9.17) is 11.6 Å². The number of hydrogen-bond donors (Lipinski definition) is 0. The van der Waals surface area contributed by atoms with Crippen molar-refractivity contribution in [2.75, 3.05) is 0 Å². The van der Waals surface area contributed by atoms with Gasteiger partial charge in [-0.05, 0) is 52.6 Å². The number of benzene rings is 2. The van der Waals surface area contributed by atoms with Gasteiger partial charge in [-0.1, -0.05) is 48.5 Å². The third-order valence-electron chi connectivity index (χ3n) is 5.13. The summed E-state index contributed by atoms with van der Waals surface area (Å²) in [4.78, 5) is 11.1. The molecule has 0 fully saturated rings. The first-order chi connectivity index (χ1) is 10.3. The number of rotatable bonds is 3. The van der Waals surface area contributed by atoms with Gasteiger partial charge in [-0.25, -0.2) is 0 Å². The smallest absolute Gasteiger partial charge is 0.221 e. The first-order valence-electron chi connectivity index (χ1n) is 7.61. The molecule has 0 N–H and O–H groups in total. The summed E-state index contributed by atoms with van der Waals surface area (Å²) < 4.78 is 0. The molecule has 0 aliphatic heterocycles. The second-order valence-electron chi connectivity index (χ2n) is 6.18. The summed E-state index contributed by atoms with van der Waals surface area (Å²) in [6.07, 6.45) is 2.52. The Kier molecular flexibility index (Phi) is 3.11. The van der Waals surface area contributed by atoms with Crippen LogP contribution in [-0.2, 0) is 4.79 Å². The van der Waals surface area contributed by atoms with Gasteiger partial charge in [-0.3, -0.25) is 4.79 Å². The normalized spacial score (nSPS) is 25.3. The van der Waals surface area contributed by atoms with Gasteiger partial charge in [0.25, 0.3) is 0 Å². The van der Waals surface area contributed by atoms with E-state index in [9.17, 15) is 4.79 Å². The van der Waals surface area contributed by atoms with Crippen LogP contribution in [0.15, 0.2) is 48.5 Å². The average molecular weight is 297 g/mol. The lowest BCUT2D eigenvalue weighted by molar-refractivity contribution is -0.112. The summed E-state index contributed by atoms with van der Waals surface area (Å²) in [6, 6.07) is 17.6. The molecule has 5 rings (SSSR count). The highest BCUT2D eigenvalue weighted by Crippen LogP contribution is 2.56. The van der Waals surface area contributed by atoms with E-state index in [0.717, 1.165) is 12.8 Å². The second kappa shape index (κ2) is 4.99. The molecule has 0 aromatic heterocycles. The lowest BCUT2D eigenvalue weighted by Crippen LogP contribution is -2.32. The van der Waals surface area contributed by atoms with E-state index in [1.54, 1.807) is 0 Å². The molecule has 0 heterocycles. The van der Waals surface area contributed by atoms with Crippen molar-refractivity contribution in [2.24, 2.45) is 5.92 Å². The Bertz CT molecular complexity index is 659. The predicted octanol–water partition coefficient (Wildman–Crippen LogP) is 4.83. The number of carbonyl (C=O) groups excluding carboxylic acids is 1. The van der Waals surface area contributed by atoms with Crippen LogP contribution in [0.2, 0.25) is 0 Å². The summed E-state index contributed by atoms with van der Waals surface area (Å²) in [7, 11) is 0. The SMILES string of the molecule is O=C(Cl)CCC1CC2c3ccccc3C1c1ccccc12. The van der Waals surface area contributed by atoms with Gasteiger partial charge >= 0.3 is 0 Å². The number of halogens is 1. The Morgan fingerprint density at radius 3 is 2.00 bits per heavy atom. The van der Waals surface area contributed by atoms with Crippen molar-refractivity contribution in [3.63, 3.8) is 0 Å².